The Kier molecular flexibility index (Phi) is 13.0. The maximum Gasteiger partial charge on any atom is 0.527 e. The van der Waals surface area contributed by atoms with Gasteiger partial charge in [0.05, 0.1) is 32.0 Å². The van der Waals surface area contributed by atoms with E-state index in [0.717, 1.165) is 0 Å². The van der Waals surface area contributed by atoms with E-state index in [9.17, 15) is 29.1 Å². The zero-order valence-corrected chi connectivity index (χ0v) is 25.1. The van der Waals surface area contributed by atoms with E-state index in [4.69, 9.17) is 19.0 Å². The van der Waals surface area contributed by atoms with Gasteiger partial charge >= 0.3 is 18.1 Å². The molecule has 1 aromatic heterocycles. The first-order valence-corrected chi connectivity index (χ1v) is 14.6. The molecule has 15 heteroatoms. The maximum atomic E-state index is 13.4. The number of benzene rings is 1. The summed E-state index contributed by atoms with van der Waals surface area (Å²) in [6.07, 6.45) is -1.32. The highest BCUT2D eigenvalue weighted by Crippen LogP contribution is 2.23. The highest BCUT2D eigenvalue weighted by Gasteiger charge is 2.32. The van der Waals surface area contributed by atoms with E-state index in [0.29, 0.717) is 18.5 Å². The standard InChI is InChI=1S/C29H39N5O10/c1-4-10-23(28(39)41-5-2)43-24-19-22(31-34(24)20-11-8-7-9-12-20)26(37)30-21(13-14-25(35)36)27(38)32-15-17-33(18-16-32)44-29(40)42-6-3/h7-9,11-12,19,21,23H,4-6,10,13-18H2,1-3H3,(H,30,37)(H,35,36)/t21?,23-/m0/s1. The number of nitrogens with zero attached hydrogens (tertiary/aromatic N) is 4. The predicted molar refractivity (Wildman–Crippen MR) is 154 cm³/mol. The normalized spacial score (nSPS) is 14.7. The number of ether oxygens (including phenoxy) is 3. The molecule has 1 aliphatic rings. The number of carbonyl (C=O) groups excluding carboxylic acids is 4. The molecule has 2 N–H and O–H groups in total. The summed E-state index contributed by atoms with van der Waals surface area (Å²) in [5, 5.41) is 17.7. The third-order valence-corrected chi connectivity index (χ3v) is 6.54. The van der Waals surface area contributed by atoms with Crippen LogP contribution in [0.2, 0.25) is 0 Å². The Bertz CT molecular complexity index is 1280. The van der Waals surface area contributed by atoms with Gasteiger partial charge in [0.1, 0.15) is 6.04 Å². The molecular formula is C29H39N5O10. The second-order valence-corrected chi connectivity index (χ2v) is 9.75. The van der Waals surface area contributed by atoms with Crippen LogP contribution in [0.1, 0.15) is 56.9 Å². The van der Waals surface area contributed by atoms with Crippen LogP contribution in [0.15, 0.2) is 36.4 Å². The van der Waals surface area contributed by atoms with Gasteiger partial charge in [-0.15, -0.1) is 5.06 Å². The summed E-state index contributed by atoms with van der Waals surface area (Å²) in [6, 6.07) is 9.02. The van der Waals surface area contributed by atoms with Gasteiger partial charge in [0, 0.05) is 25.6 Å². The topological polar surface area (TPSA) is 179 Å². The van der Waals surface area contributed by atoms with Gasteiger partial charge in [-0.1, -0.05) is 31.5 Å². The number of rotatable bonds is 15. The molecule has 0 saturated carbocycles. The quantitative estimate of drug-likeness (QED) is 0.279. The summed E-state index contributed by atoms with van der Waals surface area (Å²) in [6.45, 7) is 6.31. The SMILES string of the molecule is CCC[C@H](Oc1cc(C(=O)NC(CCC(=O)O)C(=O)N2CCN(OC(=O)OCC)CC2)nn1-c1ccccc1)C(=O)OCC. The minimum absolute atomic E-state index is 0.108. The fraction of sp³-hybridized carbons (Fsp3) is 0.517. The molecule has 0 radical (unpaired) electrons. The van der Waals surface area contributed by atoms with Crippen LogP contribution in [-0.4, -0.2) is 106 Å². The van der Waals surface area contributed by atoms with Crippen LogP contribution in [0.25, 0.3) is 5.69 Å². The van der Waals surface area contributed by atoms with Crippen LogP contribution < -0.4 is 10.1 Å². The number of hydrogen-bond donors (Lipinski definition) is 2. The largest absolute Gasteiger partial charge is 0.527 e. The molecule has 1 aliphatic heterocycles. The molecule has 1 aromatic carbocycles. The summed E-state index contributed by atoms with van der Waals surface area (Å²) in [5.74, 6) is -2.79. The number of carboxylic acids is 1. The fourth-order valence-corrected chi connectivity index (χ4v) is 4.41. The molecular weight excluding hydrogens is 578 g/mol. The van der Waals surface area contributed by atoms with E-state index in [1.165, 1.54) is 20.7 Å². The molecule has 240 valence electrons. The Labute approximate surface area is 254 Å². The van der Waals surface area contributed by atoms with Gasteiger partial charge in [-0.25, -0.2) is 14.3 Å². The number of aliphatic carboxylic acids is 1. The van der Waals surface area contributed by atoms with Gasteiger partial charge in [0.15, 0.2) is 11.8 Å². The number of para-hydroxylation sites is 1. The fourth-order valence-electron chi connectivity index (χ4n) is 4.41. The Morgan fingerprint density at radius 1 is 0.955 bits per heavy atom. The molecule has 2 heterocycles. The summed E-state index contributed by atoms with van der Waals surface area (Å²) < 4.78 is 17.3. The molecule has 2 aromatic rings. The molecule has 15 nitrogen and oxygen atoms in total. The number of carboxylic acid groups (broad SMARTS) is 1. The lowest BCUT2D eigenvalue weighted by Crippen LogP contribution is -2.55. The third-order valence-electron chi connectivity index (χ3n) is 6.54. The van der Waals surface area contributed by atoms with Crippen LogP contribution in [0.5, 0.6) is 5.88 Å². The molecule has 0 spiro atoms. The average Bonchev–Trinajstić information content (AvgIpc) is 3.43. The number of aromatic nitrogens is 2. The van der Waals surface area contributed by atoms with Crippen molar-refractivity contribution >= 4 is 29.9 Å². The predicted octanol–water partition coefficient (Wildman–Crippen LogP) is 2.18. The lowest BCUT2D eigenvalue weighted by atomic mass is 10.1. The number of hydroxylamine groups is 2. The lowest BCUT2D eigenvalue weighted by molar-refractivity contribution is -0.157. The zero-order chi connectivity index (χ0) is 32.1. The first-order valence-electron chi connectivity index (χ1n) is 14.6. The van der Waals surface area contributed by atoms with Gasteiger partial charge < -0.3 is 34.4 Å². The van der Waals surface area contributed by atoms with Gasteiger partial charge in [0.2, 0.25) is 11.8 Å². The molecule has 0 aliphatic carbocycles. The highest BCUT2D eigenvalue weighted by molar-refractivity contribution is 5.96. The molecule has 44 heavy (non-hydrogen) atoms. The molecule has 1 saturated heterocycles. The van der Waals surface area contributed by atoms with Crippen molar-refractivity contribution in [2.24, 2.45) is 0 Å². The second-order valence-electron chi connectivity index (χ2n) is 9.75. The van der Waals surface area contributed by atoms with Gasteiger partial charge in [-0.3, -0.25) is 14.4 Å². The van der Waals surface area contributed by atoms with Crippen molar-refractivity contribution in [3.05, 3.63) is 42.1 Å². The number of nitrogens with one attached hydrogen (secondary N) is 1. The number of amides is 2. The second kappa shape index (κ2) is 16.8. The van der Waals surface area contributed by atoms with Gasteiger partial charge in [0.25, 0.3) is 5.91 Å². The van der Waals surface area contributed by atoms with Crippen LogP contribution in [0.4, 0.5) is 4.79 Å². The van der Waals surface area contributed by atoms with E-state index in [1.807, 2.05) is 6.92 Å². The van der Waals surface area contributed by atoms with Gasteiger partial charge in [-0.05, 0) is 38.8 Å². The average molecular weight is 618 g/mol. The van der Waals surface area contributed by atoms with Crippen molar-refractivity contribution in [1.29, 1.82) is 0 Å². The smallest absolute Gasteiger partial charge is 0.481 e. The molecule has 2 amide bonds. The van der Waals surface area contributed by atoms with E-state index in [2.05, 4.69) is 10.4 Å². The maximum absolute atomic E-state index is 13.4. The Hall–Kier alpha value is -4.66. The van der Waals surface area contributed by atoms with E-state index < -0.39 is 42.1 Å². The van der Waals surface area contributed by atoms with Crippen molar-refractivity contribution < 1.29 is 48.1 Å². The molecule has 1 fully saturated rings. The van der Waals surface area contributed by atoms with E-state index >= 15 is 0 Å². The summed E-state index contributed by atoms with van der Waals surface area (Å²) in [4.78, 5) is 68.9. The summed E-state index contributed by atoms with van der Waals surface area (Å²) in [7, 11) is 0. The van der Waals surface area contributed by atoms with Crippen molar-refractivity contribution in [1.82, 2.24) is 25.1 Å². The van der Waals surface area contributed by atoms with E-state index in [1.54, 1.807) is 44.2 Å². The Morgan fingerprint density at radius 3 is 2.25 bits per heavy atom. The van der Waals surface area contributed by atoms with Crippen LogP contribution >= 0.6 is 0 Å². The first-order chi connectivity index (χ1) is 21.2. The number of hydrogen-bond acceptors (Lipinski definition) is 11. The van der Waals surface area contributed by atoms with Crippen LogP contribution in [-0.2, 0) is 28.7 Å². The molecule has 3 rings (SSSR count). The first kappa shape index (κ1) is 33.8. The van der Waals surface area contributed by atoms with Crippen LogP contribution in [0, 0.1) is 0 Å². The molecule has 2 atom stereocenters. The van der Waals surface area contributed by atoms with Crippen molar-refractivity contribution in [2.45, 2.75) is 58.6 Å². The molecule has 1 unspecified atom stereocenters. The zero-order valence-electron chi connectivity index (χ0n) is 25.1. The minimum Gasteiger partial charge on any atom is -0.481 e. The Morgan fingerprint density at radius 2 is 1.64 bits per heavy atom. The van der Waals surface area contributed by atoms with E-state index in [-0.39, 0.29) is 63.8 Å². The number of carbonyl (C=O) groups is 5. The number of piperazine rings is 1. The summed E-state index contributed by atoms with van der Waals surface area (Å²) in [5.41, 5.74) is 0.450. The van der Waals surface area contributed by atoms with Crippen molar-refractivity contribution in [3.8, 4) is 11.6 Å². The Balaban J connectivity index is 1.80. The number of esters is 1. The monoisotopic (exact) mass is 617 g/mol. The molecule has 0 bridgehead atoms. The summed E-state index contributed by atoms with van der Waals surface area (Å²) >= 11 is 0. The highest BCUT2D eigenvalue weighted by atomic mass is 16.8. The van der Waals surface area contributed by atoms with Crippen molar-refractivity contribution in [2.75, 3.05) is 39.4 Å². The lowest BCUT2D eigenvalue weighted by Gasteiger charge is -2.35. The third kappa shape index (κ3) is 9.69. The van der Waals surface area contributed by atoms with Crippen LogP contribution in [0.3, 0.4) is 0 Å². The van der Waals surface area contributed by atoms with Crippen molar-refractivity contribution in [3.63, 3.8) is 0 Å². The van der Waals surface area contributed by atoms with Gasteiger partial charge in [-0.2, -0.15) is 5.10 Å². The minimum atomic E-state index is -1.17.